The molecule has 1 heterocycles. The van der Waals surface area contributed by atoms with E-state index in [0.29, 0.717) is 5.92 Å². The number of phenolic OH excluding ortho intramolecular Hbond substituents is 1. The highest BCUT2D eigenvalue weighted by Gasteiger charge is 2.35. The van der Waals surface area contributed by atoms with Crippen LogP contribution in [0.15, 0.2) is 30.5 Å². The summed E-state index contributed by atoms with van der Waals surface area (Å²) in [4.78, 5) is 4.06. The van der Waals surface area contributed by atoms with Crippen molar-refractivity contribution in [1.82, 2.24) is 4.98 Å². The fraction of sp³-hybridized carbons (Fsp3) is 0.214. The Balaban J connectivity index is 2.01. The van der Waals surface area contributed by atoms with Crippen LogP contribution in [0.2, 0.25) is 0 Å². The molecule has 1 aliphatic rings. The summed E-state index contributed by atoms with van der Waals surface area (Å²) in [5.74, 6) is -2.05. The van der Waals surface area contributed by atoms with Gasteiger partial charge in [-0.2, -0.15) is 0 Å². The van der Waals surface area contributed by atoms with Crippen molar-refractivity contribution in [2.45, 2.75) is 18.4 Å². The number of nitrogens with zero attached hydrogens (tertiary/aromatic N) is 1. The molecule has 98 valence electrons. The van der Waals surface area contributed by atoms with Gasteiger partial charge in [0.2, 0.25) is 0 Å². The molecule has 3 rings (SSSR count). The number of halogens is 2. The van der Waals surface area contributed by atoms with Crippen molar-refractivity contribution < 1.29 is 13.9 Å². The standard InChI is InChI=1S/C14H12F2N2O/c15-9-2-4-12(19)14(16)13(9)11-3-1-7(6-18-11)8-5-10(8)17/h1-4,6,8,10,19H,5,17H2. The first kappa shape index (κ1) is 12.0. The van der Waals surface area contributed by atoms with E-state index in [-0.39, 0.29) is 17.3 Å². The van der Waals surface area contributed by atoms with Gasteiger partial charge in [-0.05, 0) is 30.2 Å². The van der Waals surface area contributed by atoms with E-state index < -0.39 is 17.4 Å². The van der Waals surface area contributed by atoms with E-state index in [1.54, 1.807) is 18.3 Å². The Morgan fingerprint density at radius 3 is 2.53 bits per heavy atom. The molecule has 0 amide bonds. The molecule has 1 fully saturated rings. The number of benzene rings is 1. The summed E-state index contributed by atoms with van der Waals surface area (Å²) in [6.45, 7) is 0. The second-order valence-electron chi connectivity index (χ2n) is 4.74. The zero-order valence-electron chi connectivity index (χ0n) is 9.98. The summed E-state index contributed by atoms with van der Waals surface area (Å²) in [5.41, 5.74) is 6.55. The van der Waals surface area contributed by atoms with Crippen LogP contribution in [0.4, 0.5) is 8.78 Å². The van der Waals surface area contributed by atoms with E-state index in [1.165, 1.54) is 0 Å². The third kappa shape index (κ3) is 2.06. The minimum Gasteiger partial charge on any atom is -0.505 e. The number of phenols is 1. The first-order valence-corrected chi connectivity index (χ1v) is 5.97. The molecule has 3 nitrogen and oxygen atoms in total. The Morgan fingerprint density at radius 1 is 1.21 bits per heavy atom. The first-order chi connectivity index (χ1) is 9.08. The van der Waals surface area contributed by atoms with Gasteiger partial charge < -0.3 is 10.8 Å². The minimum absolute atomic E-state index is 0.155. The van der Waals surface area contributed by atoms with Crippen molar-refractivity contribution in [3.63, 3.8) is 0 Å². The van der Waals surface area contributed by atoms with E-state index in [1.807, 2.05) is 0 Å². The summed E-state index contributed by atoms with van der Waals surface area (Å²) in [6.07, 6.45) is 2.49. The lowest BCUT2D eigenvalue weighted by atomic mass is 10.1. The van der Waals surface area contributed by atoms with Gasteiger partial charge in [0.25, 0.3) is 0 Å². The molecule has 2 aromatic rings. The van der Waals surface area contributed by atoms with Crippen molar-refractivity contribution in [1.29, 1.82) is 0 Å². The minimum atomic E-state index is -0.997. The highest BCUT2D eigenvalue weighted by molar-refractivity contribution is 5.63. The van der Waals surface area contributed by atoms with Crippen LogP contribution in [-0.2, 0) is 0 Å². The Hall–Kier alpha value is -2.01. The Kier molecular flexibility index (Phi) is 2.71. The Bertz CT molecular complexity index is 628. The monoisotopic (exact) mass is 262 g/mol. The van der Waals surface area contributed by atoms with Crippen molar-refractivity contribution in [3.05, 3.63) is 47.7 Å². The maximum Gasteiger partial charge on any atom is 0.177 e. The Labute approximate surface area is 108 Å². The first-order valence-electron chi connectivity index (χ1n) is 5.97. The van der Waals surface area contributed by atoms with Gasteiger partial charge in [-0.25, -0.2) is 8.78 Å². The lowest BCUT2D eigenvalue weighted by molar-refractivity contribution is 0.429. The van der Waals surface area contributed by atoms with E-state index in [2.05, 4.69) is 4.98 Å². The summed E-state index contributed by atoms with van der Waals surface area (Å²) < 4.78 is 27.4. The van der Waals surface area contributed by atoms with Crippen LogP contribution in [0.5, 0.6) is 5.75 Å². The summed E-state index contributed by atoms with van der Waals surface area (Å²) in [7, 11) is 0. The topological polar surface area (TPSA) is 59.1 Å². The molecule has 3 N–H and O–H groups in total. The number of aromatic hydroxyl groups is 1. The van der Waals surface area contributed by atoms with Gasteiger partial charge in [0, 0.05) is 18.2 Å². The molecule has 2 atom stereocenters. The lowest BCUT2D eigenvalue weighted by Crippen LogP contribution is -2.01. The van der Waals surface area contributed by atoms with Crippen LogP contribution in [-0.4, -0.2) is 16.1 Å². The van der Waals surface area contributed by atoms with Crippen LogP contribution in [0.25, 0.3) is 11.3 Å². The number of rotatable bonds is 2. The fourth-order valence-electron chi connectivity index (χ4n) is 2.15. The van der Waals surface area contributed by atoms with Crippen molar-refractivity contribution in [2.24, 2.45) is 5.73 Å². The molecule has 0 aliphatic heterocycles. The zero-order chi connectivity index (χ0) is 13.6. The molecule has 1 aliphatic carbocycles. The molecule has 0 saturated heterocycles. The van der Waals surface area contributed by atoms with E-state index in [4.69, 9.17) is 5.73 Å². The highest BCUT2D eigenvalue weighted by atomic mass is 19.1. The van der Waals surface area contributed by atoms with Crippen molar-refractivity contribution in [3.8, 4) is 17.0 Å². The third-order valence-corrected chi connectivity index (χ3v) is 3.38. The van der Waals surface area contributed by atoms with Gasteiger partial charge >= 0.3 is 0 Å². The maximum atomic E-state index is 13.7. The van der Waals surface area contributed by atoms with Gasteiger partial charge in [0.1, 0.15) is 5.82 Å². The van der Waals surface area contributed by atoms with E-state index >= 15 is 0 Å². The number of nitrogens with two attached hydrogens (primary N) is 1. The van der Waals surface area contributed by atoms with Crippen molar-refractivity contribution >= 4 is 0 Å². The SMILES string of the molecule is NC1CC1c1ccc(-c2c(F)ccc(O)c2F)nc1. The Morgan fingerprint density at radius 2 is 1.95 bits per heavy atom. The number of hydrogen-bond donors (Lipinski definition) is 2. The quantitative estimate of drug-likeness (QED) is 0.874. The summed E-state index contributed by atoms with van der Waals surface area (Å²) in [5, 5.41) is 9.29. The van der Waals surface area contributed by atoms with Crippen LogP contribution >= 0.6 is 0 Å². The van der Waals surface area contributed by atoms with Gasteiger partial charge in [0.05, 0.1) is 11.3 Å². The average Bonchev–Trinajstić information content (AvgIpc) is 3.13. The van der Waals surface area contributed by atoms with Crippen LogP contribution in [0.3, 0.4) is 0 Å². The largest absolute Gasteiger partial charge is 0.505 e. The average molecular weight is 262 g/mol. The normalized spacial score (nSPS) is 21.4. The van der Waals surface area contributed by atoms with Crippen LogP contribution < -0.4 is 5.73 Å². The maximum absolute atomic E-state index is 13.7. The lowest BCUT2D eigenvalue weighted by Gasteiger charge is -2.07. The molecule has 0 radical (unpaired) electrons. The molecule has 2 unspecified atom stereocenters. The fourth-order valence-corrected chi connectivity index (χ4v) is 2.15. The second kappa shape index (κ2) is 4.28. The molecule has 1 aromatic heterocycles. The van der Waals surface area contributed by atoms with Gasteiger partial charge in [-0.15, -0.1) is 0 Å². The van der Waals surface area contributed by atoms with Gasteiger partial charge in [-0.3, -0.25) is 4.98 Å². The summed E-state index contributed by atoms with van der Waals surface area (Å²) in [6, 6.07) is 5.46. The highest BCUT2D eigenvalue weighted by Crippen LogP contribution is 2.39. The number of aromatic nitrogens is 1. The second-order valence-corrected chi connectivity index (χ2v) is 4.74. The summed E-state index contributed by atoms with van der Waals surface area (Å²) >= 11 is 0. The van der Waals surface area contributed by atoms with Crippen LogP contribution in [0, 0.1) is 11.6 Å². The van der Waals surface area contributed by atoms with Gasteiger partial charge in [0.15, 0.2) is 11.6 Å². The molecule has 5 heteroatoms. The van der Waals surface area contributed by atoms with E-state index in [0.717, 1.165) is 24.1 Å². The number of hydrogen-bond acceptors (Lipinski definition) is 3. The third-order valence-electron chi connectivity index (χ3n) is 3.38. The molecule has 0 bridgehead atoms. The predicted octanol–water partition coefficient (Wildman–Crippen LogP) is 2.55. The van der Waals surface area contributed by atoms with Crippen LogP contribution in [0.1, 0.15) is 17.9 Å². The molecular formula is C14H12F2N2O. The molecule has 0 spiro atoms. The number of pyridine rings is 1. The molecule has 1 aromatic carbocycles. The van der Waals surface area contributed by atoms with E-state index in [9.17, 15) is 13.9 Å². The van der Waals surface area contributed by atoms with Crippen molar-refractivity contribution in [2.75, 3.05) is 0 Å². The molecule has 1 saturated carbocycles. The molecule has 19 heavy (non-hydrogen) atoms. The smallest absolute Gasteiger partial charge is 0.177 e. The predicted molar refractivity (Wildman–Crippen MR) is 66.6 cm³/mol. The zero-order valence-corrected chi connectivity index (χ0v) is 9.98. The van der Waals surface area contributed by atoms with Gasteiger partial charge in [-0.1, -0.05) is 6.07 Å². The molecular weight excluding hydrogens is 250 g/mol.